The van der Waals surface area contributed by atoms with Crippen molar-refractivity contribution in [3.8, 4) is 0 Å². The number of carbonyl (C=O) groups excluding carboxylic acids is 1. The molecule has 0 radical (unpaired) electrons. The van der Waals surface area contributed by atoms with E-state index in [0.29, 0.717) is 6.04 Å². The van der Waals surface area contributed by atoms with Crippen LogP contribution in [0, 0.1) is 0 Å². The van der Waals surface area contributed by atoms with E-state index in [9.17, 15) is 4.79 Å². The molecule has 2 heterocycles. The predicted octanol–water partition coefficient (Wildman–Crippen LogP) is 4.29. The van der Waals surface area contributed by atoms with Gasteiger partial charge in [-0.2, -0.15) is 11.8 Å². The second-order valence-electron chi connectivity index (χ2n) is 7.28. The lowest BCUT2D eigenvalue weighted by Gasteiger charge is -2.32. The Labute approximate surface area is 143 Å². The quantitative estimate of drug-likeness (QED) is 0.876. The van der Waals surface area contributed by atoms with E-state index in [0.717, 1.165) is 25.1 Å². The molecule has 1 atom stereocenters. The van der Waals surface area contributed by atoms with Gasteiger partial charge in [0.05, 0.1) is 5.69 Å². The summed E-state index contributed by atoms with van der Waals surface area (Å²) in [5.74, 6) is 2.43. The fraction of sp³-hybridized carbons (Fsp3) is 0.611. The molecule has 0 saturated carbocycles. The number of amides is 1. The molecule has 2 aliphatic heterocycles. The Morgan fingerprint density at radius 2 is 2.22 bits per heavy atom. The highest BCUT2D eigenvalue weighted by atomic mass is 32.2. The van der Waals surface area contributed by atoms with E-state index in [-0.39, 0.29) is 6.09 Å². The van der Waals surface area contributed by atoms with Crippen LogP contribution in [0.15, 0.2) is 18.2 Å². The van der Waals surface area contributed by atoms with Crippen molar-refractivity contribution in [2.75, 3.05) is 28.3 Å². The molecule has 1 aromatic rings. The zero-order valence-electron chi connectivity index (χ0n) is 14.2. The van der Waals surface area contributed by atoms with Crippen LogP contribution in [0.4, 0.5) is 16.2 Å². The van der Waals surface area contributed by atoms with Gasteiger partial charge in [0.25, 0.3) is 0 Å². The molecule has 1 unspecified atom stereocenters. The number of ether oxygens (including phenoxy) is 1. The maximum absolute atomic E-state index is 12.4. The van der Waals surface area contributed by atoms with Crippen LogP contribution >= 0.6 is 11.8 Å². The Bertz CT molecular complexity index is 577. The van der Waals surface area contributed by atoms with Gasteiger partial charge in [-0.05, 0) is 69.5 Å². The molecule has 1 saturated heterocycles. The first-order valence-corrected chi connectivity index (χ1v) is 9.55. The lowest BCUT2D eigenvalue weighted by Crippen LogP contribution is -2.39. The number of benzene rings is 1. The normalized spacial score (nSPS) is 21.0. The molecule has 1 amide bonds. The number of aryl methyl sites for hydroxylation is 1. The van der Waals surface area contributed by atoms with Crippen LogP contribution in [0.5, 0.6) is 0 Å². The molecule has 2 aliphatic rings. The van der Waals surface area contributed by atoms with E-state index >= 15 is 0 Å². The van der Waals surface area contributed by atoms with E-state index in [4.69, 9.17) is 4.74 Å². The van der Waals surface area contributed by atoms with Crippen molar-refractivity contribution < 1.29 is 9.53 Å². The number of thioether (sulfide) groups is 1. The Morgan fingerprint density at radius 3 is 2.91 bits per heavy atom. The maximum atomic E-state index is 12.4. The van der Waals surface area contributed by atoms with Crippen LogP contribution in [0.2, 0.25) is 0 Å². The van der Waals surface area contributed by atoms with Gasteiger partial charge in [-0.1, -0.05) is 0 Å². The summed E-state index contributed by atoms with van der Waals surface area (Å²) < 4.78 is 5.54. The number of rotatable bonds is 2. The van der Waals surface area contributed by atoms with Gasteiger partial charge in [-0.25, -0.2) is 4.79 Å². The number of carbonyl (C=O) groups is 1. The lowest BCUT2D eigenvalue weighted by molar-refractivity contribution is 0.0578. The number of nitrogens with zero attached hydrogens (tertiary/aromatic N) is 1. The number of hydrogen-bond acceptors (Lipinski definition) is 4. The molecule has 1 aromatic carbocycles. The van der Waals surface area contributed by atoms with Crippen molar-refractivity contribution in [2.45, 2.75) is 51.7 Å². The molecule has 23 heavy (non-hydrogen) atoms. The standard InChI is InChI=1S/C18H26N2O2S/c1-18(2,3)22-17(21)20-9-4-5-13-11-14(6-7-16(13)20)19-15-8-10-23-12-15/h6-7,11,15,19H,4-5,8-10,12H2,1-3H3. The van der Waals surface area contributed by atoms with Crippen LogP contribution < -0.4 is 10.2 Å². The second kappa shape index (κ2) is 6.63. The van der Waals surface area contributed by atoms with Crippen molar-refractivity contribution >= 4 is 29.2 Å². The second-order valence-corrected chi connectivity index (χ2v) is 8.43. The van der Waals surface area contributed by atoms with E-state index < -0.39 is 5.60 Å². The zero-order valence-corrected chi connectivity index (χ0v) is 15.0. The molecule has 0 aliphatic carbocycles. The molecule has 1 N–H and O–H groups in total. The van der Waals surface area contributed by atoms with Gasteiger partial charge in [0.15, 0.2) is 0 Å². The molecular formula is C18H26N2O2S. The summed E-state index contributed by atoms with van der Waals surface area (Å²) in [5.41, 5.74) is 2.94. The minimum absolute atomic E-state index is 0.244. The Morgan fingerprint density at radius 1 is 1.39 bits per heavy atom. The van der Waals surface area contributed by atoms with Gasteiger partial charge >= 0.3 is 6.09 Å². The number of hydrogen-bond donors (Lipinski definition) is 1. The summed E-state index contributed by atoms with van der Waals surface area (Å²) in [6.07, 6.45) is 2.98. The number of fused-ring (bicyclic) bond motifs is 1. The molecule has 1 fully saturated rings. The van der Waals surface area contributed by atoms with Gasteiger partial charge in [-0.3, -0.25) is 4.90 Å². The summed E-state index contributed by atoms with van der Waals surface area (Å²) in [4.78, 5) is 14.2. The molecule has 3 rings (SSSR count). The molecule has 126 valence electrons. The molecule has 4 nitrogen and oxygen atoms in total. The van der Waals surface area contributed by atoms with Crippen molar-refractivity contribution in [1.82, 2.24) is 0 Å². The zero-order chi connectivity index (χ0) is 16.4. The molecular weight excluding hydrogens is 308 g/mol. The third-order valence-electron chi connectivity index (χ3n) is 4.11. The van der Waals surface area contributed by atoms with Crippen molar-refractivity contribution in [3.63, 3.8) is 0 Å². The smallest absolute Gasteiger partial charge is 0.414 e. The highest BCUT2D eigenvalue weighted by Crippen LogP contribution is 2.32. The monoisotopic (exact) mass is 334 g/mol. The first-order valence-electron chi connectivity index (χ1n) is 8.40. The Hall–Kier alpha value is -1.36. The molecule has 0 bridgehead atoms. The Balaban J connectivity index is 1.75. The molecule has 0 spiro atoms. The minimum atomic E-state index is -0.462. The largest absolute Gasteiger partial charge is 0.443 e. The number of nitrogens with one attached hydrogen (secondary N) is 1. The SMILES string of the molecule is CC(C)(C)OC(=O)N1CCCc2cc(NC3CCSC3)ccc21. The number of anilines is 2. The highest BCUT2D eigenvalue weighted by Gasteiger charge is 2.27. The van der Waals surface area contributed by atoms with Gasteiger partial charge in [-0.15, -0.1) is 0 Å². The first-order chi connectivity index (χ1) is 10.9. The summed E-state index contributed by atoms with van der Waals surface area (Å²) in [7, 11) is 0. The molecule has 0 aromatic heterocycles. The van der Waals surface area contributed by atoms with Crippen LogP contribution in [-0.4, -0.2) is 35.8 Å². The van der Waals surface area contributed by atoms with Crippen LogP contribution in [0.25, 0.3) is 0 Å². The average Bonchev–Trinajstić information content (AvgIpc) is 2.97. The molecule has 5 heteroatoms. The Kier molecular flexibility index (Phi) is 4.76. The van der Waals surface area contributed by atoms with Crippen LogP contribution in [0.1, 0.15) is 39.2 Å². The summed E-state index contributed by atoms with van der Waals surface area (Å²) in [5, 5.41) is 3.62. The minimum Gasteiger partial charge on any atom is -0.443 e. The fourth-order valence-corrected chi connectivity index (χ4v) is 4.23. The summed E-state index contributed by atoms with van der Waals surface area (Å²) in [6.45, 7) is 6.45. The van der Waals surface area contributed by atoms with E-state index in [2.05, 4.69) is 23.5 Å². The van der Waals surface area contributed by atoms with Gasteiger partial charge < -0.3 is 10.1 Å². The van der Waals surface area contributed by atoms with Crippen LogP contribution in [-0.2, 0) is 11.2 Å². The van der Waals surface area contributed by atoms with E-state index in [1.165, 1.54) is 29.2 Å². The van der Waals surface area contributed by atoms with E-state index in [1.54, 1.807) is 4.90 Å². The van der Waals surface area contributed by atoms with Gasteiger partial charge in [0.1, 0.15) is 5.60 Å². The topological polar surface area (TPSA) is 41.6 Å². The van der Waals surface area contributed by atoms with Crippen LogP contribution in [0.3, 0.4) is 0 Å². The summed E-state index contributed by atoms with van der Waals surface area (Å²) >= 11 is 2.01. The van der Waals surface area contributed by atoms with Crippen molar-refractivity contribution in [2.24, 2.45) is 0 Å². The maximum Gasteiger partial charge on any atom is 0.414 e. The third kappa shape index (κ3) is 4.14. The highest BCUT2D eigenvalue weighted by molar-refractivity contribution is 7.99. The average molecular weight is 334 g/mol. The fourth-order valence-electron chi connectivity index (χ4n) is 3.08. The van der Waals surface area contributed by atoms with Crippen molar-refractivity contribution in [1.29, 1.82) is 0 Å². The van der Waals surface area contributed by atoms with Gasteiger partial charge in [0, 0.05) is 24.0 Å². The van der Waals surface area contributed by atoms with E-state index in [1.807, 2.05) is 32.5 Å². The predicted molar refractivity (Wildman–Crippen MR) is 97.7 cm³/mol. The van der Waals surface area contributed by atoms with Gasteiger partial charge in [0.2, 0.25) is 0 Å². The lowest BCUT2D eigenvalue weighted by atomic mass is 10.0. The first kappa shape index (κ1) is 16.5. The third-order valence-corrected chi connectivity index (χ3v) is 5.27. The van der Waals surface area contributed by atoms with Crippen molar-refractivity contribution in [3.05, 3.63) is 23.8 Å². The summed E-state index contributed by atoms with van der Waals surface area (Å²) in [6, 6.07) is 6.92.